The fourth-order valence-corrected chi connectivity index (χ4v) is 3.00. The van der Waals surface area contributed by atoms with Crippen LogP contribution in [0.3, 0.4) is 0 Å². The van der Waals surface area contributed by atoms with E-state index in [0.717, 1.165) is 31.9 Å². The van der Waals surface area contributed by atoms with Crippen molar-refractivity contribution < 1.29 is 19.0 Å². The lowest BCUT2D eigenvalue weighted by Crippen LogP contribution is -3.12. The SMILES string of the molecule is C[NH+]1CCN(c2ccc([N+](=O)[O-])cc2/C=N\NC(=O)c2ccc(F)cc2)CC1. The van der Waals surface area contributed by atoms with Crippen LogP contribution in [0.1, 0.15) is 15.9 Å². The highest BCUT2D eigenvalue weighted by Gasteiger charge is 2.20. The molecule has 3 rings (SSSR count). The van der Waals surface area contributed by atoms with Crippen molar-refractivity contribution >= 4 is 23.5 Å². The van der Waals surface area contributed by atoms with Gasteiger partial charge >= 0.3 is 0 Å². The Morgan fingerprint density at radius 2 is 1.93 bits per heavy atom. The number of halogens is 1. The fraction of sp³-hybridized carbons (Fsp3) is 0.263. The van der Waals surface area contributed by atoms with Gasteiger partial charge in [-0.05, 0) is 30.3 Å². The lowest BCUT2D eigenvalue weighted by molar-refractivity contribution is -0.880. The monoisotopic (exact) mass is 386 g/mol. The molecule has 1 saturated heterocycles. The molecule has 8 nitrogen and oxygen atoms in total. The Balaban J connectivity index is 1.79. The van der Waals surface area contributed by atoms with Gasteiger partial charge in [-0.1, -0.05) is 0 Å². The predicted molar refractivity (Wildman–Crippen MR) is 103 cm³/mol. The van der Waals surface area contributed by atoms with E-state index in [1.807, 2.05) is 0 Å². The summed E-state index contributed by atoms with van der Waals surface area (Å²) in [5.41, 5.74) is 3.97. The standard InChI is InChI=1S/C19H20FN5O3/c1-23-8-10-24(11-9-23)18-7-6-17(25(27)28)12-15(18)13-21-22-19(26)14-2-4-16(20)5-3-14/h2-7,12-13H,8-11H2,1H3,(H,22,26)/p+1/b21-13-. The quantitative estimate of drug-likeness (QED) is 0.452. The number of quaternary nitrogens is 1. The van der Waals surface area contributed by atoms with Gasteiger partial charge < -0.3 is 9.80 Å². The number of nitro benzene ring substituents is 1. The molecule has 0 saturated carbocycles. The Morgan fingerprint density at radius 3 is 2.57 bits per heavy atom. The van der Waals surface area contributed by atoms with Crippen molar-refractivity contribution in [1.82, 2.24) is 5.43 Å². The van der Waals surface area contributed by atoms with E-state index in [1.54, 1.807) is 6.07 Å². The van der Waals surface area contributed by atoms with E-state index in [4.69, 9.17) is 0 Å². The minimum atomic E-state index is -0.494. The molecular weight excluding hydrogens is 365 g/mol. The number of benzene rings is 2. The molecule has 0 spiro atoms. The number of carbonyl (C=O) groups excluding carboxylic acids is 1. The van der Waals surface area contributed by atoms with E-state index in [9.17, 15) is 19.3 Å². The van der Waals surface area contributed by atoms with Crippen LogP contribution in [0.5, 0.6) is 0 Å². The number of hydrazone groups is 1. The summed E-state index contributed by atoms with van der Waals surface area (Å²) in [7, 11) is 2.13. The number of anilines is 1. The van der Waals surface area contributed by atoms with Gasteiger partial charge in [0, 0.05) is 28.9 Å². The van der Waals surface area contributed by atoms with Gasteiger partial charge in [-0.25, -0.2) is 9.82 Å². The number of nitro groups is 1. The molecule has 0 aromatic heterocycles. The van der Waals surface area contributed by atoms with Crippen molar-refractivity contribution in [2.24, 2.45) is 5.10 Å². The number of hydrogen-bond donors (Lipinski definition) is 2. The number of nitrogens with one attached hydrogen (secondary N) is 2. The summed E-state index contributed by atoms with van der Waals surface area (Å²) >= 11 is 0. The first-order chi connectivity index (χ1) is 13.4. The molecule has 1 amide bonds. The molecule has 9 heteroatoms. The van der Waals surface area contributed by atoms with Crippen LogP contribution >= 0.6 is 0 Å². The lowest BCUT2D eigenvalue weighted by Gasteiger charge is -2.32. The number of piperazine rings is 1. The summed E-state index contributed by atoms with van der Waals surface area (Å²) in [6, 6.07) is 9.70. The molecule has 0 unspecified atom stereocenters. The van der Waals surface area contributed by atoms with Crippen LogP contribution in [0.4, 0.5) is 15.8 Å². The van der Waals surface area contributed by atoms with Crippen molar-refractivity contribution in [3.8, 4) is 0 Å². The first-order valence-corrected chi connectivity index (χ1v) is 8.87. The van der Waals surface area contributed by atoms with E-state index >= 15 is 0 Å². The van der Waals surface area contributed by atoms with Gasteiger partial charge in [-0.2, -0.15) is 5.10 Å². The van der Waals surface area contributed by atoms with E-state index in [2.05, 4.69) is 22.5 Å². The smallest absolute Gasteiger partial charge is 0.271 e. The van der Waals surface area contributed by atoms with Crippen LogP contribution < -0.4 is 15.2 Å². The minimum Gasteiger partial charge on any atom is -0.360 e. The summed E-state index contributed by atoms with van der Waals surface area (Å²) in [6.07, 6.45) is 1.40. The summed E-state index contributed by atoms with van der Waals surface area (Å²) < 4.78 is 12.9. The van der Waals surface area contributed by atoms with Crippen LogP contribution in [-0.4, -0.2) is 50.3 Å². The Kier molecular flexibility index (Phi) is 5.95. The molecule has 0 aliphatic carbocycles. The largest absolute Gasteiger partial charge is 0.360 e. The van der Waals surface area contributed by atoms with Crippen molar-refractivity contribution in [2.45, 2.75) is 0 Å². The van der Waals surface area contributed by atoms with Gasteiger partial charge in [0.1, 0.15) is 5.82 Å². The van der Waals surface area contributed by atoms with Crippen molar-refractivity contribution in [3.05, 3.63) is 69.5 Å². The minimum absolute atomic E-state index is 0.0465. The summed E-state index contributed by atoms with van der Waals surface area (Å²) in [4.78, 5) is 26.3. The van der Waals surface area contributed by atoms with E-state index in [1.165, 1.54) is 47.5 Å². The molecule has 146 valence electrons. The number of nitrogens with zero attached hydrogens (tertiary/aromatic N) is 3. The third-order valence-corrected chi connectivity index (χ3v) is 4.66. The second kappa shape index (κ2) is 8.57. The molecule has 2 aromatic rings. The summed E-state index contributed by atoms with van der Waals surface area (Å²) in [6.45, 7) is 3.59. The van der Waals surface area contributed by atoms with Crippen LogP contribution in [0, 0.1) is 15.9 Å². The molecule has 0 radical (unpaired) electrons. The van der Waals surface area contributed by atoms with Gasteiger partial charge in [0.2, 0.25) is 0 Å². The Morgan fingerprint density at radius 1 is 1.25 bits per heavy atom. The molecule has 2 aromatic carbocycles. The third-order valence-electron chi connectivity index (χ3n) is 4.66. The Hall–Kier alpha value is -3.33. The highest BCUT2D eigenvalue weighted by molar-refractivity contribution is 5.95. The van der Waals surface area contributed by atoms with Crippen LogP contribution in [0.25, 0.3) is 0 Å². The zero-order valence-corrected chi connectivity index (χ0v) is 15.4. The van der Waals surface area contributed by atoms with Crippen LogP contribution in [0.2, 0.25) is 0 Å². The number of hydrogen-bond acceptors (Lipinski definition) is 5. The fourth-order valence-electron chi connectivity index (χ4n) is 3.00. The number of non-ortho nitro benzene ring substituents is 1. The highest BCUT2D eigenvalue weighted by atomic mass is 19.1. The average Bonchev–Trinajstić information content (AvgIpc) is 2.69. The molecule has 0 atom stereocenters. The number of rotatable bonds is 5. The number of carbonyl (C=O) groups is 1. The molecule has 1 fully saturated rings. The van der Waals surface area contributed by atoms with Gasteiger partial charge in [0.25, 0.3) is 11.6 Å². The van der Waals surface area contributed by atoms with Crippen molar-refractivity contribution in [3.63, 3.8) is 0 Å². The number of likely N-dealkylation sites (N-methyl/N-ethyl adjacent to an activating group) is 1. The predicted octanol–water partition coefficient (Wildman–Crippen LogP) is 0.833. The van der Waals surface area contributed by atoms with E-state index < -0.39 is 16.6 Å². The summed E-state index contributed by atoms with van der Waals surface area (Å²) in [5, 5.41) is 15.1. The maximum Gasteiger partial charge on any atom is 0.271 e. The number of amides is 1. The van der Waals surface area contributed by atoms with Crippen LogP contribution in [-0.2, 0) is 0 Å². The molecular formula is C19H21FN5O3+. The third kappa shape index (κ3) is 4.68. The Labute approximate surface area is 161 Å². The first-order valence-electron chi connectivity index (χ1n) is 8.87. The van der Waals surface area contributed by atoms with Crippen molar-refractivity contribution in [1.29, 1.82) is 0 Å². The molecule has 28 heavy (non-hydrogen) atoms. The first kappa shape index (κ1) is 19.4. The second-order valence-corrected chi connectivity index (χ2v) is 6.65. The normalized spacial score (nSPS) is 15.0. The Bertz CT molecular complexity index is 893. The van der Waals surface area contributed by atoms with Crippen LogP contribution in [0.15, 0.2) is 47.6 Å². The topological polar surface area (TPSA) is 92.3 Å². The van der Waals surface area contributed by atoms with Gasteiger partial charge in [-0.3, -0.25) is 14.9 Å². The average molecular weight is 386 g/mol. The van der Waals surface area contributed by atoms with E-state index in [0.29, 0.717) is 5.56 Å². The maximum absolute atomic E-state index is 12.9. The lowest BCUT2D eigenvalue weighted by atomic mass is 10.1. The molecule has 1 heterocycles. The molecule has 2 N–H and O–H groups in total. The van der Waals surface area contributed by atoms with Gasteiger partial charge in [-0.15, -0.1) is 0 Å². The molecule has 1 aliphatic rings. The van der Waals surface area contributed by atoms with Crippen molar-refractivity contribution in [2.75, 3.05) is 38.1 Å². The zero-order valence-electron chi connectivity index (χ0n) is 15.4. The maximum atomic E-state index is 12.9. The summed E-state index contributed by atoms with van der Waals surface area (Å²) in [5.74, 6) is -0.929. The second-order valence-electron chi connectivity index (χ2n) is 6.65. The van der Waals surface area contributed by atoms with Gasteiger partial charge in [0.05, 0.1) is 44.4 Å². The highest BCUT2D eigenvalue weighted by Crippen LogP contribution is 2.24. The molecule has 0 bridgehead atoms. The molecule has 1 aliphatic heterocycles. The van der Waals surface area contributed by atoms with Gasteiger partial charge in [0.15, 0.2) is 0 Å². The zero-order chi connectivity index (χ0) is 20.1. The van der Waals surface area contributed by atoms with E-state index in [-0.39, 0.29) is 11.3 Å².